The Morgan fingerprint density at radius 3 is 2.84 bits per heavy atom. The van der Waals surface area contributed by atoms with Gasteiger partial charge in [0.1, 0.15) is 5.06 Å². The second-order valence-electron chi connectivity index (χ2n) is 5.98. The van der Waals surface area contributed by atoms with Crippen LogP contribution in [0.5, 0.6) is 0 Å². The number of hydrogen-bond donors (Lipinski definition) is 0. The highest BCUT2D eigenvalue weighted by atomic mass is 35.5. The van der Waals surface area contributed by atoms with Crippen molar-refractivity contribution in [1.29, 1.82) is 0 Å². The number of halogens is 1. The van der Waals surface area contributed by atoms with Crippen LogP contribution in [-0.2, 0) is 16.1 Å². The predicted molar refractivity (Wildman–Crippen MR) is 76.2 cm³/mol. The van der Waals surface area contributed by atoms with Gasteiger partial charge in [-0.05, 0) is 44.6 Å². The van der Waals surface area contributed by atoms with Gasteiger partial charge in [0.15, 0.2) is 0 Å². The van der Waals surface area contributed by atoms with Crippen molar-refractivity contribution in [2.75, 3.05) is 0 Å². The van der Waals surface area contributed by atoms with Gasteiger partial charge < -0.3 is 9.47 Å². The van der Waals surface area contributed by atoms with E-state index in [1.54, 1.807) is 0 Å². The van der Waals surface area contributed by atoms with Gasteiger partial charge >= 0.3 is 0 Å². The second-order valence-corrected chi connectivity index (χ2v) is 6.66. The maximum atomic E-state index is 6.50. The molecule has 3 heteroatoms. The van der Waals surface area contributed by atoms with Crippen LogP contribution in [0, 0.1) is 0 Å². The van der Waals surface area contributed by atoms with Crippen LogP contribution in [0.15, 0.2) is 30.3 Å². The maximum Gasteiger partial charge on any atom is 0.142 e. The third-order valence-electron chi connectivity index (χ3n) is 4.39. The molecular formula is C16H21ClO2. The normalized spacial score (nSPS) is 38.1. The van der Waals surface area contributed by atoms with Crippen molar-refractivity contribution in [1.82, 2.24) is 0 Å². The molecule has 2 bridgehead atoms. The average Bonchev–Trinajstić information content (AvgIpc) is 2.38. The van der Waals surface area contributed by atoms with Gasteiger partial charge in [-0.3, -0.25) is 0 Å². The zero-order chi connectivity index (χ0) is 13.3. The van der Waals surface area contributed by atoms with Gasteiger partial charge in [0.25, 0.3) is 0 Å². The van der Waals surface area contributed by atoms with Crippen LogP contribution in [0.4, 0.5) is 0 Å². The molecule has 0 aliphatic carbocycles. The van der Waals surface area contributed by atoms with E-state index in [2.05, 4.69) is 19.1 Å². The van der Waals surface area contributed by atoms with Gasteiger partial charge in [0.2, 0.25) is 0 Å². The third-order valence-corrected chi connectivity index (χ3v) is 4.85. The van der Waals surface area contributed by atoms with Gasteiger partial charge in [-0.25, -0.2) is 0 Å². The van der Waals surface area contributed by atoms with Gasteiger partial charge in [-0.1, -0.05) is 41.9 Å². The molecule has 0 unspecified atom stereocenters. The van der Waals surface area contributed by atoms with Crippen molar-refractivity contribution in [3.05, 3.63) is 35.9 Å². The summed E-state index contributed by atoms with van der Waals surface area (Å²) in [5, 5.41) is -0.431. The lowest BCUT2D eigenvalue weighted by Crippen LogP contribution is -2.56. The molecule has 3 rings (SSSR count). The molecule has 1 aromatic rings. The van der Waals surface area contributed by atoms with E-state index in [1.807, 2.05) is 18.2 Å². The fraction of sp³-hybridized carbons (Fsp3) is 0.625. The largest absolute Gasteiger partial charge is 0.371 e. The first-order valence-electron chi connectivity index (χ1n) is 7.14. The van der Waals surface area contributed by atoms with E-state index in [0.717, 1.165) is 32.1 Å². The van der Waals surface area contributed by atoms with Crippen LogP contribution in [0.25, 0.3) is 0 Å². The van der Waals surface area contributed by atoms with Crippen LogP contribution in [0.3, 0.4) is 0 Å². The lowest BCUT2D eigenvalue weighted by Gasteiger charge is -2.51. The van der Waals surface area contributed by atoms with E-state index in [4.69, 9.17) is 21.1 Å². The smallest absolute Gasteiger partial charge is 0.142 e. The topological polar surface area (TPSA) is 18.5 Å². The van der Waals surface area contributed by atoms with Crippen molar-refractivity contribution < 1.29 is 9.47 Å². The van der Waals surface area contributed by atoms with Crippen LogP contribution < -0.4 is 0 Å². The second kappa shape index (κ2) is 5.08. The highest BCUT2D eigenvalue weighted by Crippen LogP contribution is 2.48. The number of hydrogen-bond acceptors (Lipinski definition) is 2. The molecule has 2 nitrogen and oxygen atoms in total. The highest BCUT2D eigenvalue weighted by molar-refractivity contribution is 6.23. The minimum atomic E-state index is -0.431. The molecule has 0 aromatic heterocycles. The first kappa shape index (κ1) is 13.4. The van der Waals surface area contributed by atoms with Crippen molar-refractivity contribution >= 4 is 11.6 Å². The molecule has 104 valence electrons. The van der Waals surface area contributed by atoms with E-state index >= 15 is 0 Å². The zero-order valence-electron chi connectivity index (χ0n) is 11.4. The van der Waals surface area contributed by atoms with Gasteiger partial charge in [-0.2, -0.15) is 0 Å². The third kappa shape index (κ3) is 2.81. The summed E-state index contributed by atoms with van der Waals surface area (Å²) in [5.74, 6) is 0. The summed E-state index contributed by atoms with van der Waals surface area (Å²) in [7, 11) is 0. The van der Waals surface area contributed by atoms with E-state index in [1.165, 1.54) is 5.56 Å². The monoisotopic (exact) mass is 280 g/mol. The minimum absolute atomic E-state index is 0.153. The Bertz CT molecular complexity index is 436. The molecule has 2 saturated heterocycles. The molecule has 2 aliphatic heterocycles. The number of fused-ring (bicyclic) bond motifs is 2. The average molecular weight is 281 g/mol. The Hall–Kier alpha value is -0.570. The summed E-state index contributed by atoms with van der Waals surface area (Å²) in [5.41, 5.74) is 0.997. The fourth-order valence-electron chi connectivity index (χ4n) is 3.31. The molecule has 0 spiro atoms. The van der Waals surface area contributed by atoms with Crippen LogP contribution in [0.1, 0.15) is 44.6 Å². The summed E-state index contributed by atoms with van der Waals surface area (Å²) >= 11 is 6.50. The quantitative estimate of drug-likeness (QED) is 0.770. The molecule has 0 amide bonds. The summed E-state index contributed by atoms with van der Waals surface area (Å²) in [4.78, 5) is 0. The van der Waals surface area contributed by atoms with Gasteiger partial charge in [0.05, 0.1) is 18.3 Å². The Balaban J connectivity index is 1.65. The number of rotatable bonds is 3. The number of alkyl halides is 1. The summed E-state index contributed by atoms with van der Waals surface area (Å²) in [6.07, 6.45) is 5.18. The molecule has 2 aliphatic rings. The standard InChI is InChI=1S/C16H21ClO2/c1-15-9-5-10-16(17,19-15)11-8-14(15)18-12-13-6-3-2-4-7-13/h2-4,6-7,14H,5,8-12H2,1H3/t14-,15+,16-/m0/s1. The summed E-state index contributed by atoms with van der Waals surface area (Å²) in [6.45, 7) is 2.80. The van der Waals surface area contributed by atoms with Crippen molar-refractivity contribution in [3.63, 3.8) is 0 Å². The molecule has 0 saturated carbocycles. The number of ether oxygens (including phenoxy) is 2. The highest BCUT2D eigenvalue weighted by Gasteiger charge is 2.51. The Morgan fingerprint density at radius 1 is 1.26 bits per heavy atom. The maximum absolute atomic E-state index is 6.50. The molecule has 19 heavy (non-hydrogen) atoms. The van der Waals surface area contributed by atoms with E-state index < -0.39 is 5.06 Å². The molecule has 0 N–H and O–H groups in total. The fourth-order valence-corrected chi connectivity index (χ4v) is 3.73. The van der Waals surface area contributed by atoms with Gasteiger partial charge in [0, 0.05) is 0 Å². The molecule has 2 heterocycles. The molecule has 3 atom stereocenters. The first-order chi connectivity index (χ1) is 9.10. The van der Waals surface area contributed by atoms with E-state index in [9.17, 15) is 0 Å². The van der Waals surface area contributed by atoms with Crippen LogP contribution >= 0.6 is 11.6 Å². The predicted octanol–water partition coefficient (Wildman–Crippen LogP) is 4.26. The Labute approximate surface area is 120 Å². The minimum Gasteiger partial charge on any atom is -0.371 e. The van der Waals surface area contributed by atoms with Crippen molar-refractivity contribution in [2.45, 2.75) is 62.4 Å². The van der Waals surface area contributed by atoms with Crippen LogP contribution in [-0.4, -0.2) is 16.8 Å². The Morgan fingerprint density at radius 2 is 2.05 bits per heavy atom. The zero-order valence-corrected chi connectivity index (χ0v) is 12.2. The first-order valence-corrected chi connectivity index (χ1v) is 7.52. The summed E-state index contributed by atoms with van der Waals surface area (Å²) in [6, 6.07) is 10.3. The lowest BCUT2D eigenvalue weighted by molar-refractivity contribution is -0.237. The molecular weight excluding hydrogens is 260 g/mol. The number of benzene rings is 1. The van der Waals surface area contributed by atoms with Crippen molar-refractivity contribution in [2.24, 2.45) is 0 Å². The summed E-state index contributed by atoms with van der Waals surface area (Å²) < 4.78 is 12.3. The molecule has 0 radical (unpaired) electrons. The molecule has 2 fully saturated rings. The molecule has 1 aromatic carbocycles. The van der Waals surface area contributed by atoms with E-state index in [-0.39, 0.29) is 11.7 Å². The van der Waals surface area contributed by atoms with E-state index in [0.29, 0.717) is 6.61 Å². The lowest BCUT2D eigenvalue weighted by atomic mass is 9.80. The Kier molecular flexibility index (Phi) is 3.59. The van der Waals surface area contributed by atoms with Crippen LogP contribution in [0.2, 0.25) is 0 Å². The SMILES string of the molecule is C[C@@]12CCC[C@@](Cl)(CC[C@@H]1OCc1ccccc1)O2. The van der Waals surface area contributed by atoms with Crippen molar-refractivity contribution in [3.8, 4) is 0 Å². The van der Waals surface area contributed by atoms with Gasteiger partial charge in [-0.15, -0.1) is 0 Å².